The van der Waals surface area contributed by atoms with Gasteiger partial charge in [-0.15, -0.1) is 0 Å². The number of imide groups is 1. The van der Waals surface area contributed by atoms with Crippen LogP contribution in [0.5, 0.6) is 0 Å². The summed E-state index contributed by atoms with van der Waals surface area (Å²) in [7, 11) is 0. The molecule has 144 valence electrons. The zero-order valence-corrected chi connectivity index (χ0v) is 16.4. The second-order valence-corrected chi connectivity index (χ2v) is 7.67. The zero-order valence-electron chi connectivity index (χ0n) is 14.9. The lowest BCUT2D eigenvalue weighted by molar-refractivity contribution is -0.138. The molecule has 2 aromatic carbocycles. The van der Waals surface area contributed by atoms with Crippen molar-refractivity contribution in [3.05, 3.63) is 75.2 Å². The van der Waals surface area contributed by atoms with Gasteiger partial charge in [0.05, 0.1) is 17.1 Å². The summed E-state index contributed by atoms with van der Waals surface area (Å²) >= 11 is 12.3. The molecular weight excluding hydrogens is 402 g/mol. The highest BCUT2D eigenvalue weighted by molar-refractivity contribution is 6.41. The fourth-order valence-electron chi connectivity index (χ4n) is 3.67. The van der Waals surface area contributed by atoms with Crippen molar-refractivity contribution in [2.75, 3.05) is 13.1 Å². The van der Waals surface area contributed by atoms with Crippen LogP contribution >= 0.6 is 23.2 Å². The maximum Gasteiger partial charge on any atom is 0.278 e. The Morgan fingerprint density at radius 1 is 0.964 bits per heavy atom. The SMILES string of the molecule is O=C1C(c2ccc(Cl)cc2Cl)=C(N2CCCC2)C(=O)N1Cc1ccccc1F. The molecule has 2 amide bonds. The van der Waals surface area contributed by atoms with Gasteiger partial charge in [0.15, 0.2) is 0 Å². The lowest BCUT2D eigenvalue weighted by Crippen LogP contribution is -2.34. The molecule has 2 heterocycles. The Labute approximate surface area is 172 Å². The van der Waals surface area contributed by atoms with E-state index in [4.69, 9.17) is 23.2 Å². The summed E-state index contributed by atoms with van der Waals surface area (Å²) in [5, 5.41) is 0.741. The van der Waals surface area contributed by atoms with Crippen LogP contribution < -0.4 is 0 Å². The monoisotopic (exact) mass is 418 g/mol. The summed E-state index contributed by atoms with van der Waals surface area (Å²) in [5.74, 6) is -1.35. The first-order valence-corrected chi connectivity index (χ1v) is 9.77. The Bertz CT molecular complexity index is 1000. The van der Waals surface area contributed by atoms with E-state index in [-0.39, 0.29) is 17.7 Å². The summed E-state index contributed by atoms with van der Waals surface area (Å²) in [5.41, 5.74) is 1.34. The third-order valence-corrected chi connectivity index (χ3v) is 5.60. The molecule has 1 saturated heterocycles. The summed E-state index contributed by atoms with van der Waals surface area (Å²) < 4.78 is 14.1. The molecule has 4 rings (SSSR count). The van der Waals surface area contributed by atoms with E-state index in [1.54, 1.807) is 36.4 Å². The molecule has 0 aliphatic carbocycles. The molecule has 0 aromatic heterocycles. The molecule has 7 heteroatoms. The molecule has 0 N–H and O–H groups in total. The van der Waals surface area contributed by atoms with Crippen LogP contribution in [0.1, 0.15) is 24.0 Å². The highest BCUT2D eigenvalue weighted by atomic mass is 35.5. The second-order valence-electron chi connectivity index (χ2n) is 6.83. The molecule has 0 spiro atoms. The Morgan fingerprint density at radius 2 is 1.68 bits per heavy atom. The van der Waals surface area contributed by atoms with Crippen LogP contribution in [0, 0.1) is 5.82 Å². The molecule has 2 aliphatic heterocycles. The molecule has 0 bridgehead atoms. The normalized spacial score (nSPS) is 17.2. The van der Waals surface area contributed by atoms with Crippen LogP contribution in [0.4, 0.5) is 4.39 Å². The van der Waals surface area contributed by atoms with Gasteiger partial charge in [-0.1, -0.05) is 47.5 Å². The van der Waals surface area contributed by atoms with Crippen molar-refractivity contribution in [1.29, 1.82) is 0 Å². The number of amides is 2. The van der Waals surface area contributed by atoms with Gasteiger partial charge >= 0.3 is 0 Å². The quantitative estimate of drug-likeness (QED) is 0.685. The molecule has 0 unspecified atom stereocenters. The fraction of sp³-hybridized carbons (Fsp3) is 0.238. The minimum atomic E-state index is -0.473. The molecule has 2 aliphatic rings. The van der Waals surface area contributed by atoms with Crippen LogP contribution in [0.3, 0.4) is 0 Å². The summed E-state index contributed by atoms with van der Waals surface area (Å²) in [6.45, 7) is 1.25. The van der Waals surface area contributed by atoms with E-state index in [0.29, 0.717) is 34.4 Å². The predicted molar refractivity (Wildman–Crippen MR) is 106 cm³/mol. The molecule has 28 heavy (non-hydrogen) atoms. The average Bonchev–Trinajstić information content (AvgIpc) is 3.26. The van der Waals surface area contributed by atoms with Crippen molar-refractivity contribution in [3.8, 4) is 0 Å². The van der Waals surface area contributed by atoms with Gasteiger partial charge in [0.25, 0.3) is 11.8 Å². The van der Waals surface area contributed by atoms with E-state index in [0.717, 1.165) is 17.7 Å². The van der Waals surface area contributed by atoms with Crippen molar-refractivity contribution >= 4 is 40.6 Å². The Kier molecular flexibility index (Phi) is 5.13. The number of carbonyl (C=O) groups excluding carboxylic acids is 2. The minimum absolute atomic E-state index is 0.129. The van der Waals surface area contributed by atoms with Gasteiger partial charge in [-0.05, 0) is 31.0 Å². The predicted octanol–water partition coefficient (Wildman–Crippen LogP) is 4.51. The van der Waals surface area contributed by atoms with Gasteiger partial charge in [0, 0.05) is 29.2 Å². The Hall–Kier alpha value is -2.37. The first-order valence-electron chi connectivity index (χ1n) is 9.01. The Balaban J connectivity index is 1.78. The largest absolute Gasteiger partial charge is 0.366 e. The third kappa shape index (κ3) is 3.29. The van der Waals surface area contributed by atoms with Gasteiger partial charge in [0.2, 0.25) is 0 Å². The number of benzene rings is 2. The maximum absolute atomic E-state index is 14.1. The molecule has 2 aromatic rings. The number of halogens is 3. The molecule has 4 nitrogen and oxygen atoms in total. The molecule has 0 saturated carbocycles. The first-order chi connectivity index (χ1) is 13.5. The number of rotatable bonds is 4. The lowest BCUT2D eigenvalue weighted by Gasteiger charge is -2.20. The highest BCUT2D eigenvalue weighted by Crippen LogP contribution is 2.37. The summed E-state index contributed by atoms with van der Waals surface area (Å²) in [4.78, 5) is 29.4. The molecule has 0 atom stereocenters. The minimum Gasteiger partial charge on any atom is -0.366 e. The van der Waals surface area contributed by atoms with Crippen molar-refractivity contribution in [3.63, 3.8) is 0 Å². The average molecular weight is 419 g/mol. The number of hydrogen-bond acceptors (Lipinski definition) is 3. The fourth-order valence-corrected chi connectivity index (χ4v) is 4.18. The lowest BCUT2D eigenvalue weighted by atomic mass is 10.0. The third-order valence-electron chi connectivity index (χ3n) is 5.05. The van der Waals surface area contributed by atoms with Gasteiger partial charge in [0.1, 0.15) is 11.5 Å². The van der Waals surface area contributed by atoms with Crippen LogP contribution in [0.2, 0.25) is 10.0 Å². The molecule has 0 radical (unpaired) electrons. The zero-order chi connectivity index (χ0) is 19.8. The van der Waals surface area contributed by atoms with Gasteiger partial charge in [-0.25, -0.2) is 4.39 Å². The van der Waals surface area contributed by atoms with E-state index >= 15 is 0 Å². The van der Waals surface area contributed by atoms with Crippen molar-refractivity contribution in [2.24, 2.45) is 0 Å². The van der Waals surface area contributed by atoms with Gasteiger partial charge in [-0.3, -0.25) is 14.5 Å². The summed E-state index contributed by atoms with van der Waals surface area (Å²) in [6, 6.07) is 11.0. The number of likely N-dealkylation sites (tertiary alicyclic amines) is 1. The van der Waals surface area contributed by atoms with Crippen molar-refractivity contribution < 1.29 is 14.0 Å². The second kappa shape index (κ2) is 7.57. The van der Waals surface area contributed by atoms with Crippen molar-refractivity contribution in [1.82, 2.24) is 9.80 Å². The smallest absolute Gasteiger partial charge is 0.278 e. The molecule has 1 fully saturated rings. The van der Waals surface area contributed by atoms with Crippen LogP contribution in [-0.2, 0) is 16.1 Å². The van der Waals surface area contributed by atoms with Gasteiger partial charge < -0.3 is 4.90 Å². The Morgan fingerprint density at radius 3 is 2.36 bits per heavy atom. The van der Waals surface area contributed by atoms with E-state index in [9.17, 15) is 14.0 Å². The van der Waals surface area contributed by atoms with Crippen LogP contribution in [0.15, 0.2) is 48.2 Å². The van der Waals surface area contributed by atoms with Gasteiger partial charge in [-0.2, -0.15) is 0 Å². The number of carbonyl (C=O) groups is 2. The van der Waals surface area contributed by atoms with E-state index in [2.05, 4.69) is 0 Å². The van der Waals surface area contributed by atoms with E-state index in [1.165, 1.54) is 6.07 Å². The standard InChI is InChI=1S/C21H17Cl2FN2O2/c22-14-7-8-15(16(23)11-14)18-19(25-9-3-4-10-25)21(28)26(20(18)27)12-13-5-1-2-6-17(13)24/h1-2,5-8,11H,3-4,9-10,12H2. The van der Waals surface area contributed by atoms with Crippen LogP contribution in [-0.4, -0.2) is 34.7 Å². The molecular formula is C21H17Cl2FN2O2. The topological polar surface area (TPSA) is 40.6 Å². The van der Waals surface area contributed by atoms with Crippen LogP contribution in [0.25, 0.3) is 5.57 Å². The van der Waals surface area contributed by atoms with Crippen molar-refractivity contribution in [2.45, 2.75) is 19.4 Å². The number of nitrogens with zero attached hydrogens (tertiary/aromatic N) is 2. The first kappa shape index (κ1) is 19.0. The van der Waals surface area contributed by atoms with E-state index in [1.807, 2.05) is 4.90 Å². The number of hydrogen-bond donors (Lipinski definition) is 0. The maximum atomic E-state index is 14.1. The summed E-state index contributed by atoms with van der Waals surface area (Å²) in [6.07, 6.45) is 1.89. The highest BCUT2D eigenvalue weighted by Gasteiger charge is 2.42. The van der Waals surface area contributed by atoms with E-state index < -0.39 is 17.6 Å².